The molecular formula is C20H24N2O7. The zero-order chi connectivity index (χ0) is 21.7. The predicted molar refractivity (Wildman–Crippen MR) is 100 cm³/mol. The molecular weight excluding hydrogens is 380 g/mol. The highest BCUT2D eigenvalue weighted by Crippen LogP contribution is 2.52. The first kappa shape index (κ1) is 20.8. The lowest BCUT2D eigenvalue weighted by atomic mass is 9.77. The second-order valence-electron chi connectivity index (χ2n) is 8.40. The number of carbonyl (C=O) groups is 4. The molecule has 4 atom stereocenters. The van der Waals surface area contributed by atoms with Gasteiger partial charge in [-0.3, -0.25) is 29.4 Å². The Morgan fingerprint density at radius 1 is 1.17 bits per heavy atom. The van der Waals surface area contributed by atoms with Crippen molar-refractivity contribution in [1.29, 1.82) is 0 Å². The summed E-state index contributed by atoms with van der Waals surface area (Å²) in [5.74, 6) is -6.07. The van der Waals surface area contributed by atoms with Gasteiger partial charge in [-0.25, -0.2) is 0 Å². The van der Waals surface area contributed by atoms with E-state index in [0.717, 1.165) is 4.90 Å². The van der Waals surface area contributed by atoms with Crippen LogP contribution in [0.1, 0.15) is 38.8 Å². The molecule has 3 rings (SSSR count). The normalized spacial score (nSPS) is 29.1. The first-order valence-electron chi connectivity index (χ1n) is 9.19. The third kappa shape index (κ3) is 3.05. The maximum Gasteiger partial charge on any atom is 0.325 e. The van der Waals surface area contributed by atoms with Crippen LogP contribution in [-0.4, -0.2) is 57.1 Å². The number of imide groups is 1. The fourth-order valence-corrected chi connectivity index (χ4v) is 4.53. The monoisotopic (exact) mass is 404 g/mol. The van der Waals surface area contributed by atoms with Crippen LogP contribution in [0.3, 0.4) is 0 Å². The number of rotatable bonds is 5. The number of carbonyl (C=O) groups excluding carboxylic acids is 2. The fraction of sp³-hybridized carbons (Fsp3) is 0.500. The molecule has 29 heavy (non-hydrogen) atoms. The van der Waals surface area contributed by atoms with E-state index in [0.29, 0.717) is 11.3 Å². The molecule has 4 unspecified atom stereocenters. The zero-order valence-electron chi connectivity index (χ0n) is 16.6. The molecule has 0 aromatic heterocycles. The van der Waals surface area contributed by atoms with Gasteiger partial charge in [-0.15, -0.1) is 0 Å². The summed E-state index contributed by atoms with van der Waals surface area (Å²) in [5.41, 5.74) is -2.50. The third-order valence-corrected chi connectivity index (χ3v) is 5.61. The van der Waals surface area contributed by atoms with E-state index in [1.54, 1.807) is 45.0 Å². The topological polar surface area (TPSA) is 133 Å². The van der Waals surface area contributed by atoms with Gasteiger partial charge in [0, 0.05) is 17.1 Å². The van der Waals surface area contributed by atoms with Gasteiger partial charge in [-0.05, 0) is 26.8 Å². The summed E-state index contributed by atoms with van der Waals surface area (Å²) in [4.78, 5) is 51.5. The summed E-state index contributed by atoms with van der Waals surface area (Å²) >= 11 is 0. The van der Waals surface area contributed by atoms with Gasteiger partial charge in [0.2, 0.25) is 11.8 Å². The van der Waals surface area contributed by atoms with Crippen LogP contribution in [0.5, 0.6) is 5.75 Å². The molecule has 0 aliphatic carbocycles. The number of para-hydroxylation sites is 1. The summed E-state index contributed by atoms with van der Waals surface area (Å²) in [7, 11) is 1.44. The number of nitrogens with one attached hydrogen (secondary N) is 1. The Bertz CT molecular complexity index is 891. The first-order valence-corrected chi connectivity index (χ1v) is 9.19. The number of likely N-dealkylation sites (tertiary alicyclic amines) is 1. The number of amides is 2. The molecule has 9 heteroatoms. The Morgan fingerprint density at radius 2 is 1.79 bits per heavy atom. The van der Waals surface area contributed by atoms with E-state index in [2.05, 4.69) is 5.32 Å². The highest BCUT2D eigenvalue weighted by atomic mass is 16.5. The number of carboxylic acid groups (broad SMARTS) is 2. The van der Waals surface area contributed by atoms with Crippen molar-refractivity contribution >= 4 is 23.8 Å². The van der Waals surface area contributed by atoms with E-state index in [9.17, 15) is 29.4 Å². The van der Waals surface area contributed by atoms with Gasteiger partial charge in [0.25, 0.3) is 0 Å². The Kier molecular flexibility index (Phi) is 4.90. The maximum absolute atomic E-state index is 13.3. The van der Waals surface area contributed by atoms with Crippen molar-refractivity contribution in [3.05, 3.63) is 29.8 Å². The summed E-state index contributed by atoms with van der Waals surface area (Å²) in [5, 5.41) is 22.2. The van der Waals surface area contributed by atoms with Crippen molar-refractivity contribution in [3.63, 3.8) is 0 Å². The van der Waals surface area contributed by atoms with E-state index in [1.165, 1.54) is 7.11 Å². The van der Waals surface area contributed by atoms with E-state index in [1.807, 2.05) is 0 Å². The van der Waals surface area contributed by atoms with Crippen LogP contribution in [-0.2, 0) is 19.2 Å². The van der Waals surface area contributed by atoms with Crippen molar-refractivity contribution in [3.8, 4) is 5.75 Å². The number of hydrogen-bond donors (Lipinski definition) is 3. The van der Waals surface area contributed by atoms with Crippen LogP contribution in [0.25, 0.3) is 0 Å². The molecule has 0 saturated carbocycles. The first-order chi connectivity index (χ1) is 13.5. The number of nitrogens with zero attached hydrogens (tertiary/aromatic N) is 1. The van der Waals surface area contributed by atoms with Gasteiger partial charge in [-0.2, -0.15) is 0 Å². The summed E-state index contributed by atoms with van der Waals surface area (Å²) in [6, 6.07) is 5.86. The molecule has 156 valence electrons. The van der Waals surface area contributed by atoms with E-state index >= 15 is 0 Å². The molecule has 2 aliphatic heterocycles. The molecule has 2 amide bonds. The van der Waals surface area contributed by atoms with Gasteiger partial charge in [0.05, 0.1) is 25.4 Å². The lowest BCUT2D eigenvalue weighted by Crippen LogP contribution is -2.58. The minimum atomic E-state index is -2.12. The number of hydrogen-bond acceptors (Lipinski definition) is 6. The van der Waals surface area contributed by atoms with Gasteiger partial charge < -0.3 is 14.9 Å². The minimum Gasteiger partial charge on any atom is -0.496 e. The Balaban J connectivity index is 2.23. The van der Waals surface area contributed by atoms with Crippen LogP contribution in [0.4, 0.5) is 0 Å². The van der Waals surface area contributed by atoms with Crippen LogP contribution < -0.4 is 10.1 Å². The quantitative estimate of drug-likeness (QED) is 0.620. The number of fused-ring (bicyclic) bond motifs is 1. The highest BCUT2D eigenvalue weighted by molar-refractivity contribution is 6.10. The van der Waals surface area contributed by atoms with Crippen molar-refractivity contribution in [2.45, 2.75) is 44.3 Å². The smallest absolute Gasteiger partial charge is 0.325 e. The molecule has 1 aromatic carbocycles. The van der Waals surface area contributed by atoms with Crippen molar-refractivity contribution in [2.75, 3.05) is 7.11 Å². The molecule has 2 aliphatic rings. The largest absolute Gasteiger partial charge is 0.496 e. The molecule has 0 radical (unpaired) electrons. The lowest BCUT2D eigenvalue weighted by Gasteiger charge is -2.34. The number of carboxylic acids is 2. The second kappa shape index (κ2) is 6.84. The van der Waals surface area contributed by atoms with Crippen LogP contribution in [0, 0.1) is 11.8 Å². The predicted octanol–water partition coefficient (Wildman–Crippen LogP) is 1.04. The third-order valence-electron chi connectivity index (χ3n) is 5.61. The Hall–Kier alpha value is -2.94. The average Bonchev–Trinajstić information content (AvgIpc) is 3.09. The van der Waals surface area contributed by atoms with Crippen molar-refractivity contribution in [1.82, 2.24) is 10.2 Å². The molecule has 0 bridgehead atoms. The SMILES string of the molecule is COc1ccccc1C1NC(CC(=O)O)(C(=O)O)C2C(=O)N(C(C)(C)C)C(=O)C12. The number of ether oxygens (including phenoxy) is 1. The fourth-order valence-electron chi connectivity index (χ4n) is 4.53. The van der Waals surface area contributed by atoms with Gasteiger partial charge >= 0.3 is 11.9 Å². The van der Waals surface area contributed by atoms with E-state index < -0.39 is 59.1 Å². The number of aliphatic carboxylic acids is 2. The maximum atomic E-state index is 13.3. The number of benzene rings is 1. The number of methoxy groups -OCH3 is 1. The summed E-state index contributed by atoms with van der Waals surface area (Å²) in [6.45, 7) is 5.03. The molecule has 1 aromatic rings. The molecule has 9 nitrogen and oxygen atoms in total. The van der Waals surface area contributed by atoms with Crippen LogP contribution >= 0.6 is 0 Å². The van der Waals surface area contributed by atoms with Gasteiger partial charge in [0.15, 0.2) is 0 Å². The van der Waals surface area contributed by atoms with Crippen molar-refractivity contribution < 1.29 is 34.1 Å². The molecule has 2 heterocycles. The molecule has 0 spiro atoms. The zero-order valence-corrected chi connectivity index (χ0v) is 16.6. The molecule has 3 N–H and O–H groups in total. The van der Waals surface area contributed by atoms with E-state index in [4.69, 9.17) is 4.74 Å². The lowest BCUT2D eigenvalue weighted by molar-refractivity contribution is -0.157. The van der Waals surface area contributed by atoms with Crippen LogP contribution in [0.2, 0.25) is 0 Å². The van der Waals surface area contributed by atoms with Gasteiger partial charge in [0.1, 0.15) is 11.3 Å². The highest BCUT2D eigenvalue weighted by Gasteiger charge is 2.70. The summed E-state index contributed by atoms with van der Waals surface area (Å²) in [6.07, 6.45) is -0.841. The standard InChI is InChI=1S/C20H24N2O7/c1-19(2,3)22-16(25)13-14(17(22)26)20(18(27)28,9-12(23)24)21-15(13)10-7-5-6-8-11(10)29-4/h5-8,13-15,21H,9H2,1-4H3,(H,23,24)(H,27,28). The Morgan fingerprint density at radius 3 is 2.31 bits per heavy atom. The van der Waals surface area contributed by atoms with E-state index in [-0.39, 0.29) is 0 Å². The molecule has 2 fully saturated rings. The average molecular weight is 404 g/mol. The molecule has 2 saturated heterocycles. The van der Waals surface area contributed by atoms with Gasteiger partial charge in [-0.1, -0.05) is 18.2 Å². The summed E-state index contributed by atoms with van der Waals surface area (Å²) < 4.78 is 5.36. The second-order valence-corrected chi connectivity index (χ2v) is 8.40. The van der Waals surface area contributed by atoms with Crippen LogP contribution in [0.15, 0.2) is 24.3 Å². The minimum absolute atomic E-state index is 0.412. The Labute approximate surface area is 167 Å². The van der Waals surface area contributed by atoms with Crippen molar-refractivity contribution in [2.24, 2.45) is 11.8 Å².